The third-order valence-corrected chi connectivity index (χ3v) is 2.58. The summed E-state index contributed by atoms with van der Waals surface area (Å²) in [6, 6.07) is 8.21. The molecule has 0 fully saturated rings. The van der Waals surface area contributed by atoms with Gasteiger partial charge >= 0.3 is 0 Å². The maximum atomic E-state index is 5.42. The first-order valence-corrected chi connectivity index (χ1v) is 5.66. The first-order chi connectivity index (χ1) is 6.38. The molecule has 1 rings (SSSR count). The SMILES string of the molecule is CSc1ccccc1NC/C=C/Cl. The van der Waals surface area contributed by atoms with E-state index in [0.29, 0.717) is 0 Å². The van der Waals surface area contributed by atoms with Crippen molar-refractivity contribution < 1.29 is 0 Å². The third-order valence-electron chi connectivity index (χ3n) is 1.61. The summed E-state index contributed by atoms with van der Waals surface area (Å²) in [6.45, 7) is 0.765. The van der Waals surface area contributed by atoms with E-state index >= 15 is 0 Å². The summed E-state index contributed by atoms with van der Waals surface area (Å²) in [5.74, 6) is 0. The molecule has 0 bridgehead atoms. The van der Waals surface area contributed by atoms with E-state index in [2.05, 4.69) is 23.7 Å². The molecule has 0 aliphatic carbocycles. The van der Waals surface area contributed by atoms with Crippen LogP contribution < -0.4 is 5.32 Å². The third kappa shape index (κ3) is 3.33. The quantitative estimate of drug-likeness (QED) is 0.768. The van der Waals surface area contributed by atoms with Gasteiger partial charge in [-0.2, -0.15) is 0 Å². The summed E-state index contributed by atoms with van der Waals surface area (Å²) in [5.41, 5.74) is 2.68. The molecular formula is C10H12ClNS. The highest BCUT2D eigenvalue weighted by Crippen LogP contribution is 2.24. The van der Waals surface area contributed by atoms with Crippen LogP contribution in [0.4, 0.5) is 5.69 Å². The van der Waals surface area contributed by atoms with Crippen molar-refractivity contribution in [1.29, 1.82) is 0 Å². The first-order valence-electron chi connectivity index (χ1n) is 4.00. The molecule has 0 radical (unpaired) electrons. The second kappa shape index (κ2) is 5.95. The Bertz CT molecular complexity index is 286. The average Bonchev–Trinajstić information content (AvgIpc) is 2.19. The van der Waals surface area contributed by atoms with E-state index in [4.69, 9.17) is 11.6 Å². The minimum absolute atomic E-state index is 0.765. The van der Waals surface area contributed by atoms with Crippen molar-refractivity contribution in [3.8, 4) is 0 Å². The number of benzene rings is 1. The number of thioether (sulfide) groups is 1. The Morgan fingerprint density at radius 3 is 2.92 bits per heavy atom. The molecule has 3 heteroatoms. The summed E-state index contributed by atoms with van der Waals surface area (Å²) < 4.78 is 0. The summed E-state index contributed by atoms with van der Waals surface area (Å²) in [7, 11) is 0. The molecule has 1 aromatic carbocycles. The standard InChI is InChI=1S/C10H12ClNS/c1-13-10-6-3-2-5-9(10)12-8-4-7-11/h2-7,12H,8H2,1H3/b7-4+. The average molecular weight is 214 g/mol. The molecule has 0 amide bonds. The van der Waals surface area contributed by atoms with Gasteiger partial charge in [-0.1, -0.05) is 29.8 Å². The number of rotatable bonds is 4. The molecule has 0 aromatic heterocycles. The van der Waals surface area contributed by atoms with Crippen LogP contribution in [0.15, 0.2) is 40.8 Å². The van der Waals surface area contributed by atoms with E-state index in [1.165, 1.54) is 10.4 Å². The highest BCUT2D eigenvalue weighted by atomic mass is 35.5. The summed E-state index contributed by atoms with van der Waals surface area (Å²) in [6.07, 6.45) is 3.94. The van der Waals surface area contributed by atoms with Gasteiger partial charge < -0.3 is 5.32 Å². The molecule has 1 N–H and O–H groups in total. The van der Waals surface area contributed by atoms with E-state index in [9.17, 15) is 0 Å². The van der Waals surface area contributed by atoms with Crippen LogP contribution in [0.1, 0.15) is 0 Å². The van der Waals surface area contributed by atoms with Crippen LogP contribution in [0, 0.1) is 0 Å². The predicted octanol–water partition coefficient (Wildman–Crippen LogP) is 3.57. The van der Waals surface area contributed by atoms with Crippen LogP contribution in [0.5, 0.6) is 0 Å². The van der Waals surface area contributed by atoms with Crippen molar-refractivity contribution in [3.63, 3.8) is 0 Å². The Morgan fingerprint density at radius 2 is 2.23 bits per heavy atom. The van der Waals surface area contributed by atoms with Crippen LogP contribution in [0.25, 0.3) is 0 Å². The van der Waals surface area contributed by atoms with Crippen molar-refractivity contribution in [2.75, 3.05) is 18.1 Å². The zero-order valence-corrected chi connectivity index (χ0v) is 9.03. The minimum atomic E-state index is 0.765. The lowest BCUT2D eigenvalue weighted by molar-refractivity contribution is 1.29. The topological polar surface area (TPSA) is 12.0 Å². The van der Waals surface area contributed by atoms with E-state index in [1.807, 2.05) is 18.2 Å². The molecular weight excluding hydrogens is 202 g/mol. The van der Waals surface area contributed by atoms with Gasteiger partial charge in [-0.15, -0.1) is 11.8 Å². The van der Waals surface area contributed by atoms with E-state index in [0.717, 1.165) is 12.2 Å². The highest BCUT2D eigenvalue weighted by molar-refractivity contribution is 7.98. The van der Waals surface area contributed by atoms with Gasteiger partial charge in [-0.05, 0) is 18.4 Å². The van der Waals surface area contributed by atoms with E-state index < -0.39 is 0 Å². The molecule has 1 aromatic rings. The van der Waals surface area contributed by atoms with Crippen molar-refractivity contribution in [2.45, 2.75) is 4.90 Å². The van der Waals surface area contributed by atoms with Crippen molar-refractivity contribution in [1.82, 2.24) is 0 Å². The summed E-state index contributed by atoms with van der Waals surface area (Å²) >= 11 is 7.15. The predicted molar refractivity (Wildman–Crippen MR) is 61.7 cm³/mol. The molecule has 0 spiro atoms. The zero-order valence-electron chi connectivity index (χ0n) is 7.46. The van der Waals surface area contributed by atoms with Gasteiger partial charge in [-0.25, -0.2) is 0 Å². The number of hydrogen-bond acceptors (Lipinski definition) is 2. The number of anilines is 1. The van der Waals surface area contributed by atoms with Gasteiger partial charge in [0.25, 0.3) is 0 Å². The number of para-hydroxylation sites is 1. The molecule has 0 unspecified atom stereocenters. The molecule has 0 saturated heterocycles. The minimum Gasteiger partial charge on any atom is -0.381 e. The second-order valence-electron chi connectivity index (χ2n) is 2.44. The second-order valence-corrected chi connectivity index (χ2v) is 3.54. The lowest BCUT2D eigenvalue weighted by Gasteiger charge is -2.07. The molecule has 0 aliphatic heterocycles. The maximum absolute atomic E-state index is 5.42. The van der Waals surface area contributed by atoms with Gasteiger partial charge in [0, 0.05) is 22.7 Å². The molecule has 0 heterocycles. The van der Waals surface area contributed by atoms with Crippen LogP contribution in [-0.4, -0.2) is 12.8 Å². The smallest absolute Gasteiger partial charge is 0.0480 e. The Balaban J connectivity index is 2.64. The summed E-state index contributed by atoms with van der Waals surface area (Å²) in [4.78, 5) is 1.26. The zero-order chi connectivity index (χ0) is 9.52. The molecule has 0 atom stereocenters. The van der Waals surface area contributed by atoms with Gasteiger partial charge in [0.15, 0.2) is 0 Å². The fraction of sp³-hybridized carbons (Fsp3) is 0.200. The normalized spacial score (nSPS) is 10.6. The van der Waals surface area contributed by atoms with E-state index in [-0.39, 0.29) is 0 Å². The lowest BCUT2D eigenvalue weighted by Crippen LogP contribution is -1.98. The van der Waals surface area contributed by atoms with Crippen molar-refractivity contribution in [2.24, 2.45) is 0 Å². The molecule has 1 nitrogen and oxygen atoms in total. The monoisotopic (exact) mass is 213 g/mol. The highest BCUT2D eigenvalue weighted by Gasteiger charge is 1.96. The fourth-order valence-corrected chi connectivity index (χ4v) is 1.67. The number of halogens is 1. The Hall–Kier alpha value is -0.600. The largest absolute Gasteiger partial charge is 0.381 e. The number of hydrogen-bond donors (Lipinski definition) is 1. The summed E-state index contributed by atoms with van der Waals surface area (Å²) in [5, 5.41) is 3.27. The Morgan fingerprint density at radius 1 is 1.46 bits per heavy atom. The number of nitrogens with one attached hydrogen (secondary N) is 1. The van der Waals surface area contributed by atoms with Crippen LogP contribution >= 0.6 is 23.4 Å². The van der Waals surface area contributed by atoms with Crippen LogP contribution in [0.2, 0.25) is 0 Å². The first kappa shape index (κ1) is 10.5. The van der Waals surface area contributed by atoms with Gasteiger partial charge in [0.05, 0.1) is 0 Å². The Labute approximate surface area is 88.2 Å². The Kier molecular flexibility index (Phi) is 4.79. The van der Waals surface area contributed by atoms with Crippen LogP contribution in [0.3, 0.4) is 0 Å². The molecule has 0 aliphatic rings. The molecule has 13 heavy (non-hydrogen) atoms. The van der Waals surface area contributed by atoms with Crippen molar-refractivity contribution >= 4 is 29.1 Å². The van der Waals surface area contributed by atoms with Gasteiger partial charge in [0.2, 0.25) is 0 Å². The fourth-order valence-electron chi connectivity index (χ4n) is 1.00. The van der Waals surface area contributed by atoms with Gasteiger partial charge in [-0.3, -0.25) is 0 Å². The molecule has 70 valence electrons. The van der Waals surface area contributed by atoms with Crippen LogP contribution in [-0.2, 0) is 0 Å². The maximum Gasteiger partial charge on any atom is 0.0480 e. The van der Waals surface area contributed by atoms with E-state index in [1.54, 1.807) is 11.8 Å². The lowest BCUT2D eigenvalue weighted by atomic mass is 10.3. The van der Waals surface area contributed by atoms with Crippen molar-refractivity contribution in [3.05, 3.63) is 35.9 Å². The van der Waals surface area contributed by atoms with Gasteiger partial charge in [0.1, 0.15) is 0 Å². The molecule has 0 saturated carbocycles.